The fraction of sp³-hybridized carbons (Fsp3) is 0.308. The summed E-state index contributed by atoms with van der Waals surface area (Å²) in [6, 6.07) is 0.102. The summed E-state index contributed by atoms with van der Waals surface area (Å²) in [4.78, 5) is 0. The molecule has 0 atom stereocenters. The van der Waals surface area contributed by atoms with E-state index in [1.54, 1.807) is 22.6 Å². The van der Waals surface area contributed by atoms with Gasteiger partial charge in [-0.25, -0.2) is 9.07 Å². The third-order valence-electron chi connectivity index (χ3n) is 3.20. The van der Waals surface area contributed by atoms with Gasteiger partial charge in [0.1, 0.15) is 5.69 Å². The normalized spacial score (nSPS) is 13.3. The highest BCUT2D eigenvalue weighted by Crippen LogP contribution is 2.54. The fourth-order valence-corrected chi connectivity index (χ4v) is 3.10. The average Bonchev–Trinajstić information content (AvgIpc) is 2.88. The highest BCUT2D eigenvalue weighted by Gasteiger charge is 2.73. The van der Waals surface area contributed by atoms with E-state index in [9.17, 15) is 39.5 Å². The van der Waals surface area contributed by atoms with Gasteiger partial charge >= 0.3 is 24.6 Å². The van der Waals surface area contributed by atoms with Gasteiger partial charge in [0, 0.05) is 16.2 Å². The Labute approximate surface area is 166 Å². The lowest BCUT2D eigenvalue weighted by atomic mass is 9.93. The van der Waals surface area contributed by atoms with E-state index in [-0.39, 0.29) is 12.1 Å². The van der Waals surface area contributed by atoms with Gasteiger partial charge in [-0.3, -0.25) is 0 Å². The van der Waals surface area contributed by atoms with Crippen LogP contribution in [0.3, 0.4) is 0 Å². The Bertz CT molecular complexity index is 820. The minimum Gasteiger partial charge on any atom is -0.432 e. The van der Waals surface area contributed by atoms with Crippen molar-refractivity contribution in [1.82, 2.24) is 9.78 Å². The molecule has 0 fully saturated rings. The number of rotatable bonds is 4. The second kappa shape index (κ2) is 7.33. The van der Waals surface area contributed by atoms with Crippen LogP contribution in [-0.2, 0) is 5.67 Å². The SMILES string of the molecule is FC(F)Oc1cc(C(F)(C(F)(F)F)C(F)(F)F)cc(Br)c1-n1cc(I)cn1. The molecule has 0 amide bonds. The van der Waals surface area contributed by atoms with E-state index in [1.807, 2.05) is 0 Å². The van der Waals surface area contributed by atoms with Crippen LogP contribution >= 0.6 is 38.5 Å². The van der Waals surface area contributed by atoms with Crippen LogP contribution in [0.1, 0.15) is 5.56 Å². The summed E-state index contributed by atoms with van der Waals surface area (Å²) in [5.41, 5.74) is -8.22. The smallest absolute Gasteiger partial charge is 0.432 e. The van der Waals surface area contributed by atoms with Crippen molar-refractivity contribution < 1.29 is 44.3 Å². The summed E-state index contributed by atoms with van der Waals surface area (Å²) >= 11 is 4.44. The number of ether oxygens (including phenoxy) is 1. The van der Waals surface area contributed by atoms with Crippen LogP contribution in [0, 0.1) is 3.57 Å². The van der Waals surface area contributed by atoms with E-state index in [0.29, 0.717) is 3.57 Å². The summed E-state index contributed by atoms with van der Waals surface area (Å²) in [5.74, 6) is -1.13. The highest BCUT2D eigenvalue weighted by molar-refractivity contribution is 14.1. The van der Waals surface area contributed by atoms with Gasteiger partial charge < -0.3 is 4.74 Å². The summed E-state index contributed by atoms with van der Waals surface area (Å²) < 4.78 is 122. The van der Waals surface area contributed by atoms with Crippen LogP contribution < -0.4 is 4.74 Å². The number of aromatic nitrogens is 2. The fourth-order valence-electron chi connectivity index (χ4n) is 2.09. The van der Waals surface area contributed by atoms with Crippen LogP contribution in [0.2, 0.25) is 0 Å². The Hall–Kier alpha value is -1.19. The van der Waals surface area contributed by atoms with Crippen molar-refractivity contribution in [2.75, 3.05) is 0 Å². The molecule has 14 heteroatoms. The van der Waals surface area contributed by atoms with Crippen molar-refractivity contribution in [3.05, 3.63) is 38.1 Å². The van der Waals surface area contributed by atoms with E-state index in [0.717, 1.165) is 4.68 Å². The average molecular weight is 583 g/mol. The molecule has 1 aromatic carbocycles. The molecule has 0 saturated heterocycles. The molecule has 0 bridgehead atoms. The van der Waals surface area contributed by atoms with Gasteiger partial charge in [0.05, 0.1) is 9.77 Å². The molecule has 0 spiro atoms. The molecule has 2 rings (SSSR count). The molecule has 0 radical (unpaired) electrons. The Morgan fingerprint density at radius 3 is 2.00 bits per heavy atom. The molecular formula is C13H5BrF9IN2O. The van der Waals surface area contributed by atoms with Gasteiger partial charge in [0.2, 0.25) is 0 Å². The maximum absolute atomic E-state index is 14.2. The molecule has 150 valence electrons. The third kappa shape index (κ3) is 4.14. The van der Waals surface area contributed by atoms with E-state index < -0.39 is 46.1 Å². The first-order chi connectivity index (χ1) is 12.2. The van der Waals surface area contributed by atoms with Crippen LogP contribution in [0.15, 0.2) is 29.0 Å². The lowest BCUT2D eigenvalue weighted by Crippen LogP contribution is -2.50. The topological polar surface area (TPSA) is 27.1 Å². The number of benzene rings is 1. The van der Waals surface area contributed by atoms with Gasteiger partial charge in [0.15, 0.2) is 5.75 Å². The largest absolute Gasteiger partial charge is 0.435 e. The Morgan fingerprint density at radius 1 is 1.04 bits per heavy atom. The van der Waals surface area contributed by atoms with Gasteiger partial charge in [-0.2, -0.15) is 40.2 Å². The molecule has 0 N–H and O–H groups in total. The Balaban J connectivity index is 2.79. The molecule has 0 aliphatic carbocycles. The molecular weight excluding hydrogens is 578 g/mol. The third-order valence-corrected chi connectivity index (χ3v) is 4.37. The number of alkyl halides is 9. The van der Waals surface area contributed by atoms with Gasteiger partial charge in [-0.1, -0.05) is 0 Å². The molecule has 1 heterocycles. The van der Waals surface area contributed by atoms with E-state index in [4.69, 9.17) is 0 Å². The zero-order valence-electron chi connectivity index (χ0n) is 12.3. The maximum atomic E-state index is 14.2. The first-order valence-corrected chi connectivity index (χ1v) is 8.37. The molecule has 2 aromatic rings. The van der Waals surface area contributed by atoms with Crippen molar-refractivity contribution in [2.24, 2.45) is 0 Å². The first kappa shape index (κ1) is 22.1. The van der Waals surface area contributed by atoms with E-state index in [2.05, 4.69) is 25.8 Å². The summed E-state index contributed by atoms with van der Waals surface area (Å²) in [7, 11) is 0. The zero-order chi connectivity index (χ0) is 20.8. The summed E-state index contributed by atoms with van der Waals surface area (Å²) in [6.45, 7) is -3.61. The molecule has 0 aliphatic rings. The Morgan fingerprint density at radius 2 is 1.59 bits per heavy atom. The number of hydrogen-bond donors (Lipinski definition) is 0. The van der Waals surface area contributed by atoms with Crippen LogP contribution in [0.4, 0.5) is 39.5 Å². The summed E-state index contributed by atoms with van der Waals surface area (Å²) in [5, 5.41) is 3.72. The Kier molecular flexibility index (Phi) is 6.00. The van der Waals surface area contributed by atoms with Crippen LogP contribution in [0.25, 0.3) is 5.69 Å². The molecule has 3 nitrogen and oxygen atoms in total. The lowest BCUT2D eigenvalue weighted by molar-refractivity contribution is -0.348. The number of nitrogens with zero attached hydrogens (tertiary/aromatic N) is 2. The maximum Gasteiger partial charge on any atom is 0.435 e. The second-order valence-corrected chi connectivity index (χ2v) is 7.04. The quantitative estimate of drug-likeness (QED) is 0.320. The minimum atomic E-state index is -6.41. The van der Waals surface area contributed by atoms with Crippen molar-refractivity contribution in [1.29, 1.82) is 0 Å². The monoisotopic (exact) mass is 582 g/mol. The predicted octanol–water partition coefficient (Wildman–Crippen LogP) is 6.13. The number of halogens is 11. The molecule has 0 aliphatic heterocycles. The number of hydrogen-bond acceptors (Lipinski definition) is 2. The predicted molar refractivity (Wildman–Crippen MR) is 85.5 cm³/mol. The molecule has 0 saturated carbocycles. The van der Waals surface area contributed by atoms with Gasteiger partial charge in [0.25, 0.3) is 0 Å². The zero-order valence-corrected chi connectivity index (χ0v) is 16.1. The second-order valence-electron chi connectivity index (χ2n) is 4.94. The first-order valence-electron chi connectivity index (χ1n) is 6.50. The van der Waals surface area contributed by atoms with Crippen LogP contribution in [-0.4, -0.2) is 28.7 Å². The minimum absolute atomic E-state index is 0.0816. The van der Waals surface area contributed by atoms with Crippen molar-refractivity contribution in [2.45, 2.75) is 24.6 Å². The summed E-state index contributed by atoms with van der Waals surface area (Å²) in [6.07, 6.45) is -10.3. The van der Waals surface area contributed by atoms with Crippen LogP contribution in [0.5, 0.6) is 5.75 Å². The standard InChI is InChI=1S/C13H5BrF9IN2O/c14-7-1-5(11(17,12(18,19)20)13(21,22)23)2-8(27-10(15)16)9(7)26-4-6(24)3-25-26/h1-4,10H. The molecule has 0 unspecified atom stereocenters. The molecule has 27 heavy (non-hydrogen) atoms. The highest BCUT2D eigenvalue weighted by atomic mass is 127. The van der Waals surface area contributed by atoms with Gasteiger partial charge in [-0.05, 0) is 50.7 Å². The van der Waals surface area contributed by atoms with Crippen molar-refractivity contribution >= 4 is 38.5 Å². The van der Waals surface area contributed by atoms with E-state index in [1.165, 1.54) is 12.4 Å². The van der Waals surface area contributed by atoms with Gasteiger partial charge in [-0.15, -0.1) is 0 Å². The van der Waals surface area contributed by atoms with Crippen molar-refractivity contribution in [3.63, 3.8) is 0 Å². The van der Waals surface area contributed by atoms with Crippen molar-refractivity contribution in [3.8, 4) is 11.4 Å². The van der Waals surface area contributed by atoms with E-state index >= 15 is 0 Å². The molecule has 1 aromatic heterocycles. The lowest BCUT2D eigenvalue weighted by Gasteiger charge is -2.31.